The average molecular weight is 326 g/mol. The van der Waals surface area contributed by atoms with Gasteiger partial charge in [-0.15, -0.1) is 11.3 Å². The fourth-order valence-corrected chi connectivity index (χ4v) is 3.76. The smallest absolute Gasteiger partial charge is 0.273 e. The van der Waals surface area contributed by atoms with Crippen LogP contribution in [-0.4, -0.2) is 38.8 Å². The molecule has 6 heteroatoms. The lowest BCUT2D eigenvalue weighted by molar-refractivity contribution is 0.0699. The minimum atomic E-state index is 0.0372. The van der Waals surface area contributed by atoms with E-state index in [-0.39, 0.29) is 11.8 Å². The van der Waals surface area contributed by atoms with Crippen LogP contribution in [0.4, 0.5) is 0 Å². The molecule has 23 heavy (non-hydrogen) atoms. The highest BCUT2D eigenvalue weighted by molar-refractivity contribution is 7.09. The van der Waals surface area contributed by atoms with Crippen molar-refractivity contribution in [3.8, 4) is 0 Å². The van der Waals surface area contributed by atoms with Gasteiger partial charge >= 0.3 is 0 Å². The van der Waals surface area contributed by atoms with Crippen LogP contribution >= 0.6 is 11.3 Å². The number of para-hydroxylation sites is 2. The van der Waals surface area contributed by atoms with Crippen LogP contribution in [-0.2, 0) is 0 Å². The van der Waals surface area contributed by atoms with E-state index < -0.39 is 0 Å². The molecule has 0 radical (unpaired) electrons. The molecule has 0 unspecified atom stereocenters. The monoisotopic (exact) mass is 326 g/mol. The van der Waals surface area contributed by atoms with Crippen LogP contribution in [0, 0.1) is 6.92 Å². The zero-order valence-electron chi connectivity index (χ0n) is 13.0. The van der Waals surface area contributed by atoms with E-state index in [1.165, 1.54) is 11.3 Å². The van der Waals surface area contributed by atoms with E-state index in [0.29, 0.717) is 12.2 Å². The van der Waals surface area contributed by atoms with Crippen LogP contribution in [0.5, 0.6) is 0 Å². The maximum Gasteiger partial charge on any atom is 0.273 e. The van der Waals surface area contributed by atoms with E-state index in [1.54, 1.807) is 0 Å². The molecule has 1 saturated heterocycles. The number of nitrogens with one attached hydrogen (secondary N) is 1. The molecular weight excluding hydrogens is 308 g/mol. The van der Waals surface area contributed by atoms with Gasteiger partial charge in [-0.25, -0.2) is 9.97 Å². The largest absolute Gasteiger partial charge is 0.342 e. The van der Waals surface area contributed by atoms with Gasteiger partial charge < -0.3 is 9.88 Å². The number of thiazole rings is 1. The van der Waals surface area contributed by atoms with Gasteiger partial charge in [0.1, 0.15) is 11.5 Å². The molecule has 2 aromatic heterocycles. The zero-order chi connectivity index (χ0) is 15.8. The summed E-state index contributed by atoms with van der Waals surface area (Å²) < 4.78 is 0. The van der Waals surface area contributed by atoms with E-state index in [0.717, 1.165) is 41.3 Å². The molecule has 0 bridgehead atoms. The number of nitrogens with zero attached hydrogens (tertiary/aromatic N) is 3. The van der Waals surface area contributed by atoms with Crippen LogP contribution in [0.2, 0.25) is 0 Å². The molecule has 5 nitrogen and oxygen atoms in total. The number of hydrogen-bond acceptors (Lipinski definition) is 4. The quantitative estimate of drug-likeness (QED) is 0.785. The van der Waals surface area contributed by atoms with Crippen LogP contribution < -0.4 is 0 Å². The molecule has 118 valence electrons. The number of H-pyrrole nitrogens is 1. The molecule has 0 saturated carbocycles. The normalized spacial score (nSPS) is 18.5. The second kappa shape index (κ2) is 5.77. The fraction of sp³-hybridized carbons (Fsp3) is 0.353. The first kappa shape index (κ1) is 14.4. The predicted molar refractivity (Wildman–Crippen MR) is 90.8 cm³/mol. The molecule has 1 amide bonds. The lowest BCUT2D eigenvalue weighted by Gasteiger charge is -2.31. The molecule has 1 atom stereocenters. The number of likely N-dealkylation sites (tertiary alicyclic amines) is 1. The van der Waals surface area contributed by atoms with E-state index in [2.05, 4.69) is 9.97 Å². The van der Waals surface area contributed by atoms with Crippen molar-refractivity contribution in [2.75, 3.05) is 13.1 Å². The summed E-state index contributed by atoms with van der Waals surface area (Å²) in [6.45, 7) is 3.43. The van der Waals surface area contributed by atoms with Crippen LogP contribution in [0.3, 0.4) is 0 Å². The van der Waals surface area contributed by atoms with E-state index >= 15 is 0 Å². The van der Waals surface area contributed by atoms with Gasteiger partial charge in [-0.3, -0.25) is 4.79 Å². The molecule has 1 aliphatic rings. The predicted octanol–water partition coefficient (Wildman–Crippen LogP) is 3.35. The lowest BCUT2D eigenvalue weighted by Crippen LogP contribution is -2.39. The average Bonchev–Trinajstić information content (AvgIpc) is 3.20. The summed E-state index contributed by atoms with van der Waals surface area (Å²) in [5.74, 6) is 1.29. The minimum Gasteiger partial charge on any atom is -0.342 e. The second-order valence-electron chi connectivity index (χ2n) is 5.98. The fourth-order valence-electron chi connectivity index (χ4n) is 3.17. The number of aryl methyl sites for hydroxylation is 1. The van der Waals surface area contributed by atoms with Crippen molar-refractivity contribution in [1.29, 1.82) is 0 Å². The standard InChI is InChI=1S/C17H18N4OS/c1-11-18-15(10-23-11)17(22)21-8-4-5-12(9-21)16-19-13-6-2-3-7-14(13)20-16/h2-3,6-7,10,12H,4-5,8-9H2,1H3,(H,19,20)/t12-/m0/s1. The number of fused-ring (bicyclic) bond motifs is 1. The number of imidazole rings is 1. The molecule has 3 aromatic rings. The first-order chi connectivity index (χ1) is 11.2. The molecule has 1 aromatic carbocycles. The van der Waals surface area contributed by atoms with Crippen molar-refractivity contribution in [1.82, 2.24) is 19.9 Å². The Hall–Kier alpha value is -2.21. The van der Waals surface area contributed by atoms with Gasteiger partial charge in [-0.05, 0) is 31.9 Å². The van der Waals surface area contributed by atoms with Crippen LogP contribution in [0.15, 0.2) is 29.6 Å². The van der Waals surface area contributed by atoms with E-state index in [4.69, 9.17) is 4.98 Å². The number of rotatable bonds is 2. The van der Waals surface area contributed by atoms with Crippen molar-refractivity contribution in [3.05, 3.63) is 46.2 Å². The molecule has 0 spiro atoms. The molecule has 0 aliphatic carbocycles. The van der Waals surface area contributed by atoms with Gasteiger partial charge in [-0.2, -0.15) is 0 Å². The number of hydrogen-bond donors (Lipinski definition) is 1. The van der Waals surface area contributed by atoms with Gasteiger partial charge in [0, 0.05) is 24.4 Å². The van der Waals surface area contributed by atoms with Crippen molar-refractivity contribution in [2.45, 2.75) is 25.7 Å². The van der Waals surface area contributed by atoms with Crippen LogP contribution in [0.1, 0.15) is 40.1 Å². The highest BCUT2D eigenvalue weighted by Crippen LogP contribution is 2.27. The summed E-state index contributed by atoms with van der Waals surface area (Å²) in [4.78, 5) is 26.9. The van der Waals surface area contributed by atoms with Crippen LogP contribution in [0.25, 0.3) is 11.0 Å². The second-order valence-corrected chi connectivity index (χ2v) is 7.04. The third kappa shape index (κ3) is 2.74. The molecule has 1 N–H and O–H groups in total. The first-order valence-electron chi connectivity index (χ1n) is 7.87. The topological polar surface area (TPSA) is 61.9 Å². The van der Waals surface area contributed by atoms with Crippen molar-refractivity contribution in [2.24, 2.45) is 0 Å². The maximum atomic E-state index is 12.6. The number of carbonyl (C=O) groups excluding carboxylic acids is 1. The number of aromatic amines is 1. The van der Waals surface area contributed by atoms with Crippen molar-refractivity contribution >= 4 is 28.3 Å². The Morgan fingerprint density at radius 2 is 2.22 bits per heavy atom. The third-order valence-electron chi connectivity index (χ3n) is 4.34. The van der Waals surface area contributed by atoms with Gasteiger partial charge in [0.05, 0.1) is 16.0 Å². The number of carbonyl (C=O) groups is 1. The van der Waals surface area contributed by atoms with E-state index in [9.17, 15) is 4.79 Å². The zero-order valence-corrected chi connectivity index (χ0v) is 13.8. The SMILES string of the molecule is Cc1nc(C(=O)N2CCC[C@H](c3nc4ccccc4[nH]3)C2)cs1. The molecular formula is C17H18N4OS. The minimum absolute atomic E-state index is 0.0372. The first-order valence-corrected chi connectivity index (χ1v) is 8.75. The molecule has 4 rings (SSSR count). The number of aromatic nitrogens is 3. The molecule has 1 fully saturated rings. The third-order valence-corrected chi connectivity index (χ3v) is 5.11. The number of amides is 1. The Labute approximate surface area is 138 Å². The highest BCUT2D eigenvalue weighted by atomic mass is 32.1. The Bertz CT molecular complexity index is 820. The molecule has 3 heterocycles. The summed E-state index contributed by atoms with van der Waals surface area (Å²) in [7, 11) is 0. The van der Waals surface area contributed by atoms with Crippen molar-refractivity contribution < 1.29 is 4.79 Å². The maximum absolute atomic E-state index is 12.6. The Balaban J connectivity index is 1.55. The summed E-state index contributed by atoms with van der Waals surface area (Å²) in [6, 6.07) is 8.05. The summed E-state index contributed by atoms with van der Waals surface area (Å²) in [5, 5.41) is 2.78. The van der Waals surface area contributed by atoms with Crippen molar-refractivity contribution in [3.63, 3.8) is 0 Å². The number of benzene rings is 1. The Morgan fingerprint density at radius 1 is 1.35 bits per heavy atom. The van der Waals surface area contributed by atoms with E-state index in [1.807, 2.05) is 41.5 Å². The summed E-state index contributed by atoms with van der Waals surface area (Å²) in [5.41, 5.74) is 2.61. The summed E-state index contributed by atoms with van der Waals surface area (Å²) in [6.07, 6.45) is 2.05. The van der Waals surface area contributed by atoms with Gasteiger partial charge in [0.2, 0.25) is 0 Å². The molecule has 1 aliphatic heterocycles. The Morgan fingerprint density at radius 3 is 3.00 bits per heavy atom. The van der Waals surface area contributed by atoms with Gasteiger partial charge in [-0.1, -0.05) is 12.1 Å². The van der Waals surface area contributed by atoms with Gasteiger partial charge in [0.25, 0.3) is 5.91 Å². The summed E-state index contributed by atoms with van der Waals surface area (Å²) >= 11 is 1.52. The highest BCUT2D eigenvalue weighted by Gasteiger charge is 2.28. The Kier molecular flexibility index (Phi) is 3.61. The van der Waals surface area contributed by atoms with Gasteiger partial charge in [0.15, 0.2) is 0 Å². The number of piperidine rings is 1. The lowest BCUT2D eigenvalue weighted by atomic mass is 9.97.